The maximum atomic E-state index is 12.7. The van der Waals surface area contributed by atoms with E-state index in [4.69, 9.17) is 5.11 Å². The fraction of sp³-hybridized carbons (Fsp3) is 0.357. The lowest BCUT2D eigenvalue weighted by Gasteiger charge is -2.20. The summed E-state index contributed by atoms with van der Waals surface area (Å²) in [5.41, 5.74) is 0.121. The van der Waals surface area contributed by atoms with Crippen LogP contribution in [0.4, 0.5) is 17.6 Å². The van der Waals surface area contributed by atoms with Crippen molar-refractivity contribution >= 4 is 17.8 Å². The van der Waals surface area contributed by atoms with E-state index in [1.165, 1.54) is 12.1 Å². The van der Waals surface area contributed by atoms with Crippen molar-refractivity contribution in [2.75, 3.05) is 6.54 Å². The third kappa shape index (κ3) is 6.63. The van der Waals surface area contributed by atoms with Crippen molar-refractivity contribution in [3.8, 4) is 0 Å². The van der Waals surface area contributed by atoms with Gasteiger partial charge in [0, 0.05) is 18.5 Å². The summed E-state index contributed by atoms with van der Waals surface area (Å²) in [6.45, 7) is -0.264. The number of hydrogen-bond donors (Lipinski definition) is 3. The third-order valence-corrected chi connectivity index (χ3v) is 2.85. The number of carboxylic acid groups (broad SMARTS) is 1. The van der Waals surface area contributed by atoms with Gasteiger partial charge in [-0.05, 0) is 24.3 Å². The molecule has 10 heteroatoms. The lowest BCUT2D eigenvalue weighted by atomic mass is 10.2. The summed E-state index contributed by atoms with van der Waals surface area (Å²) in [5, 5.41) is 12.3. The average Bonchev–Trinajstić information content (AvgIpc) is 2.45. The summed E-state index contributed by atoms with van der Waals surface area (Å²) in [6.07, 6.45) is -6.66. The highest BCUT2D eigenvalue weighted by Gasteiger charge is 2.41. The molecule has 0 heterocycles. The summed E-state index contributed by atoms with van der Waals surface area (Å²) in [5.74, 6) is -3.93. The Hall–Kier alpha value is -2.65. The van der Waals surface area contributed by atoms with Gasteiger partial charge in [-0.1, -0.05) is 0 Å². The van der Waals surface area contributed by atoms with Crippen LogP contribution in [-0.4, -0.2) is 41.7 Å². The van der Waals surface area contributed by atoms with Gasteiger partial charge in [0.1, 0.15) is 11.9 Å². The van der Waals surface area contributed by atoms with Gasteiger partial charge >= 0.3 is 12.1 Å². The molecule has 6 nitrogen and oxygen atoms in total. The van der Waals surface area contributed by atoms with Crippen molar-refractivity contribution in [2.24, 2.45) is 0 Å². The van der Waals surface area contributed by atoms with E-state index in [-0.39, 0.29) is 12.1 Å². The van der Waals surface area contributed by atoms with Crippen molar-refractivity contribution in [1.82, 2.24) is 10.6 Å². The molecule has 3 N–H and O–H groups in total. The van der Waals surface area contributed by atoms with Gasteiger partial charge in [0.15, 0.2) is 0 Å². The number of carbonyl (C=O) groups excluding carboxylic acids is 2. The zero-order valence-electron chi connectivity index (χ0n) is 12.2. The quantitative estimate of drug-likeness (QED) is 0.649. The number of alkyl halides is 3. The average molecular weight is 350 g/mol. The monoisotopic (exact) mass is 350 g/mol. The van der Waals surface area contributed by atoms with Crippen molar-refractivity contribution in [3.63, 3.8) is 0 Å². The molecular formula is C14H14F4N2O4. The number of carboxylic acids is 1. The topological polar surface area (TPSA) is 95.5 Å². The summed E-state index contributed by atoms with van der Waals surface area (Å²) in [4.78, 5) is 33.5. The van der Waals surface area contributed by atoms with Gasteiger partial charge in [-0.2, -0.15) is 13.2 Å². The highest BCUT2D eigenvalue weighted by atomic mass is 19.4. The Balaban J connectivity index is 2.46. The molecular weight excluding hydrogens is 336 g/mol. The van der Waals surface area contributed by atoms with Gasteiger partial charge in [-0.3, -0.25) is 14.4 Å². The van der Waals surface area contributed by atoms with Gasteiger partial charge in [0.2, 0.25) is 5.91 Å². The predicted octanol–water partition coefficient (Wildman–Crippen LogP) is 1.47. The first-order valence-corrected chi connectivity index (χ1v) is 6.71. The number of hydrogen-bond acceptors (Lipinski definition) is 3. The lowest BCUT2D eigenvalue weighted by Crippen LogP contribution is -2.47. The van der Waals surface area contributed by atoms with Crippen LogP contribution in [0.1, 0.15) is 23.2 Å². The fourth-order valence-corrected chi connectivity index (χ4v) is 1.68. The van der Waals surface area contributed by atoms with Crippen LogP contribution in [0, 0.1) is 5.82 Å². The minimum Gasteiger partial charge on any atom is -0.481 e. The van der Waals surface area contributed by atoms with Gasteiger partial charge in [-0.25, -0.2) is 4.39 Å². The molecule has 1 rings (SSSR count). The van der Waals surface area contributed by atoms with E-state index in [0.717, 1.165) is 12.1 Å². The Morgan fingerprint density at radius 2 is 1.71 bits per heavy atom. The molecule has 0 radical (unpaired) electrons. The number of rotatable bonds is 7. The molecule has 0 aliphatic heterocycles. The predicted molar refractivity (Wildman–Crippen MR) is 73.6 cm³/mol. The standard InChI is InChI=1S/C14H14F4N2O4/c15-9-3-1-8(2-4-9)13(24)19-6-5-11(21)20-10(7-12(22)23)14(16,17)18/h1-4,10H,5-7H2,(H,19,24)(H,20,21)(H,22,23). The number of halogens is 4. The smallest absolute Gasteiger partial charge is 0.409 e. The van der Waals surface area contributed by atoms with Crippen molar-refractivity contribution in [1.29, 1.82) is 0 Å². The van der Waals surface area contributed by atoms with Crippen LogP contribution in [0.3, 0.4) is 0 Å². The fourth-order valence-electron chi connectivity index (χ4n) is 1.68. The summed E-state index contributed by atoms with van der Waals surface area (Å²) < 4.78 is 50.4. The zero-order chi connectivity index (χ0) is 18.3. The number of benzene rings is 1. The normalized spacial score (nSPS) is 12.3. The van der Waals surface area contributed by atoms with Crippen LogP contribution in [0.15, 0.2) is 24.3 Å². The van der Waals surface area contributed by atoms with Crippen LogP contribution in [0.2, 0.25) is 0 Å². The van der Waals surface area contributed by atoms with E-state index in [1.54, 1.807) is 5.32 Å². The Morgan fingerprint density at radius 3 is 2.21 bits per heavy atom. The molecule has 0 bridgehead atoms. The molecule has 0 saturated heterocycles. The van der Waals surface area contributed by atoms with E-state index in [9.17, 15) is 31.9 Å². The highest BCUT2D eigenvalue weighted by molar-refractivity contribution is 5.94. The largest absolute Gasteiger partial charge is 0.481 e. The van der Waals surface area contributed by atoms with E-state index < -0.39 is 48.7 Å². The maximum absolute atomic E-state index is 12.7. The van der Waals surface area contributed by atoms with Crippen LogP contribution in [0.25, 0.3) is 0 Å². The highest BCUT2D eigenvalue weighted by Crippen LogP contribution is 2.22. The van der Waals surface area contributed by atoms with Crippen LogP contribution in [0.5, 0.6) is 0 Å². The minimum atomic E-state index is -4.90. The summed E-state index contributed by atoms with van der Waals surface area (Å²) in [6, 6.07) is 2.02. The van der Waals surface area contributed by atoms with Crippen LogP contribution in [-0.2, 0) is 9.59 Å². The Morgan fingerprint density at radius 1 is 1.12 bits per heavy atom. The van der Waals surface area contributed by atoms with Crippen LogP contribution < -0.4 is 10.6 Å². The van der Waals surface area contributed by atoms with Crippen molar-refractivity contribution in [2.45, 2.75) is 25.1 Å². The number of carbonyl (C=O) groups is 3. The maximum Gasteiger partial charge on any atom is 0.409 e. The molecule has 0 aliphatic rings. The first-order chi connectivity index (χ1) is 11.1. The molecule has 1 unspecified atom stereocenters. The van der Waals surface area contributed by atoms with E-state index in [2.05, 4.69) is 5.32 Å². The SMILES string of the molecule is O=C(O)CC(NC(=O)CCNC(=O)c1ccc(F)cc1)C(F)(F)F. The Bertz CT molecular complexity index is 602. The van der Waals surface area contributed by atoms with Crippen LogP contribution >= 0.6 is 0 Å². The van der Waals surface area contributed by atoms with Crippen molar-refractivity contribution in [3.05, 3.63) is 35.6 Å². The first kappa shape index (κ1) is 19.4. The summed E-state index contributed by atoms with van der Waals surface area (Å²) >= 11 is 0. The molecule has 24 heavy (non-hydrogen) atoms. The van der Waals surface area contributed by atoms with Gasteiger partial charge < -0.3 is 15.7 Å². The molecule has 2 amide bonds. The second-order valence-corrected chi connectivity index (χ2v) is 4.77. The molecule has 1 aromatic carbocycles. The zero-order valence-corrected chi connectivity index (χ0v) is 12.2. The Kier molecular flexibility index (Phi) is 6.69. The van der Waals surface area contributed by atoms with E-state index in [1.807, 2.05) is 0 Å². The lowest BCUT2D eigenvalue weighted by molar-refractivity contribution is -0.170. The molecule has 0 aromatic heterocycles. The minimum absolute atomic E-state index is 0.121. The van der Waals surface area contributed by atoms with Gasteiger partial charge in [0.25, 0.3) is 5.91 Å². The third-order valence-electron chi connectivity index (χ3n) is 2.85. The van der Waals surface area contributed by atoms with Gasteiger partial charge in [-0.15, -0.1) is 0 Å². The summed E-state index contributed by atoms with van der Waals surface area (Å²) in [7, 11) is 0. The number of amides is 2. The number of nitrogens with one attached hydrogen (secondary N) is 2. The molecule has 0 aliphatic carbocycles. The van der Waals surface area contributed by atoms with Gasteiger partial charge in [0.05, 0.1) is 6.42 Å². The molecule has 0 spiro atoms. The second kappa shape index (κ2) is 8.27. The number of aliphatic carboxylic acids is 1. The molecule has 0 saturated carbocycles. The first-order valence-electron chi connectivity index (χ1n) is 6.71. The molecule has 1 aromatic rings. The molecule has 0 fully saturated rings. The molecule has 132 valence electrons. The second-order valence-electron chi connectivity index (χ2n) is 4.77. The van der Waals surface area contributed by atoms with E-state index >= 15 is 0 Å². The molecule has 1 atom stereocenters. The van der Waals surface area contributed by atoms with E-state index in [0.29, 0.717) is 0 Å². The van der Waals surface area contributed by atoms with Crippen molar-refractivity contribution < 1.29 is 37.1 Å². The Labute approximate surface area is 133 Å².